The Bertz CT molecular complexity index is 1020. The molecule has 0 aliphatic heterocycles. The molecule has 0 atom stereocenters. The monoisotopic (exact) mass is 411 g/mol. The molecule has 0 aromatic heterocycles. The number of benzene rings is 2. The van der Waals surface area contributed by atoms with Crippen molar-refractivity contribution in [3.8, 4) is 17.9 Å². The van der Waals surface area contributed by atoms with Gasteiger partial charge in [0.15, 0.2) is 6.61 Å². The zero-order valence-electron chi connectivity index (χ0n) is 14.7. The van der Waals surface area contributed by atoms with Crippen LogP contribution in [0.2, 0.25) is 10.0 Å². The van der Waals surface area contributed by atoms with Crippen molar-refractivity contribution < 1.29 is 9.53 Å². The Hall–Kier alpha value is -3.25. The first kappa shape index (κ1) is 21.1. The number of ether oxygens (including phenoxy) is 1. The van der Waals surface area contributed by atoms with E-state index in [0.717, 1.165) is 5.56 Å². The maximum atomic E-state index is 12.4. The number of amides is 1. The van der Waals surface area contributed by atoms with E-state index in [-0.39, 0.29) is 17.2 Å². The van der Waals surface area contributed by atoms with Gasteiger partial charge in [-0.15, -0.1) is 6.58 Å². The number of nitrogens with zero attached hydrogens (tertiary/aromatic N) is 2. The number of carbonyl (C=O) groups is 1. The van der Waals surface area contributed by atoms with Gasteiger partial charge >= 0.3 is 0 Å². The Morgan fingerprint density at radius 2 is 2.04 bits per heavy atom. The third-order valence-corrected chi connectivity index (χ3v) is 4.44. The molecule has 0 bridgehead atoms. The number of nitrogens with one attached hydrogen (secondary N) is 1. The number of nitriles is 2. The molecule has 0 spiro atoms. The van der Waals surface area contributed by atoms with Crippen LogP contribution in [0.1, 0.15) is 11.1 Å². The quantitative estimate of drug-likeness (QED) is 0.386. The molecule has 2 aromatic rings. The molecule has 0 radical (unpaired) electrons. The number of carbonyl (C=O) groups excluding carboxylic acids is 1. The van der Waals surface area contributed by atoms with Crippen molar-refractivity contribution in [1.29, 1.82) is 10.5 Å². The van der Waals surface area contributed by atoms with E-state index in [0.29, 0.717) is 28.4 Å². The van der Waals surface area contributed by atoms with Gasteiger partial charge in [0.05, 0.1) is 15.7 Å². The van der Waals surface area contributed by atoms with Crippen molar-refractivity contribution in [1.82, 2.24) is 0 Å². The maximum absolute atomic E-state index is 12.4. The van der Waals surface area contributed by atoms with Crippen molar-refractivity contribution >= 4 is 40.9 Å². The lowest BCUT2D eigenvalue weighted by atomic mass is 10.0. The fourth-order valence-corrected chi connectivity index (χ4v) is 2.71. The minimum absolute atomic E-state index is 0.0778. The molecule has 0 heterocycles. The van der Waals surface area contributed by atoms with E-state index >= 15 is 0 Å². The summed E-state index contributed by atoms with van der Waals surface area (Å²) in [6, 6.07) is 13.8. The Balaban J connectivity index is 2.30. The molecular weight excluding hydrogens is 397 g/mol. The van der Waals surface area contributed by atoms with Crippen molar-refractivity contribution in [2.24, 2.45) is 0 Å². The standard InChI is InChI=1S/C21H15Cl2N3O2/c1-2-4-15-11-14(7-8-19(15)28-10-9-24)12-16(13-25)21(27)26-18-6-3-5-17(22)20(18)23/h2-3,5-8,11-12H,1,4,10H2,(H,26,27)/b16-12-. The van der Waals surface area contributed by atoms with Crippen LogP contribution in [0.5, 0.6) is 5.75 Å². The molecule has 5 nitrogen and oxygen atoms in total. The first-order chi connectivity index (χ1) is 13.5. The molecule has 0 aliphatic carbocycles. The largest absolute Gasteiger partial charge is 0.478 e. The molecule has 2 rings (SSSR count). The van der Waals surface area contributed by atoms with E-state index in [4.69, 9.17) is 33.2 Å². The first-order valence-corrected chi connectivity index (χ1v) is 8.86. The lowest BCUT2D eigenvalue weighted by molar-refractivity contribution is -0.112. The van der Waals surface area contributed by atoms with E-state index in [2.05, 4.69) is 11.9 Å². The second kappa shape index (κ2) is 10.2. The van der Waals surface area contributed by atoms with Gasteiger partial charge in [0.1, 0.15) is 23.5 Å². The highest BCUT2D eigenvalue weighted by atomic mass is 35.5. The van der Waals surface area contributed by atoms with Crippen LogP contribution < -0.4 is 10.1 Å². The molecule has 140 valence electrons. The molecule has 0 unspecified atom stereocenters. The van der Waals surface area contributed by atoms with Gasteiger partial charge in [-0.3, -0.25) is 4.79 Å². The highest BCUT2D eigenvalue weighted by Crippen LogP contribution is 2.30. The fraction of sp³-hybridized carbons (Fsp3) is 0.0952. The molecule has 2 aromatic carbocycles. The molecule has 7 heteroatoms. The molecule has 1 amide bonds. The number of hydrogen-bond acceptors (Lipinski definition) is 4. The number of anilines is 1. The summed E-state index contributed by atoms with van der Waals surface area (Å²) in [6.45, 7) is 3.62. The SMILES string of the molecule is C=CCc1cc(/C=C(/C#N)C(=O)Nc2cccc(Cl)c2Cl)ccc1OCC#N. The van der Waals surface area contributed by atoms with Crippen molar-refractivity contribution in [3.63, 3.8) is 0 Å². The number of allylic oxidation sites excluding steroid dienone is 1. The van der Waals surface area contributed by atoms with E-state index in [9.17, 15) is 10.1 Å². The highest BCUT2D eigenvalue weighted by molar-refractivity contribution is 6.44. The summed E-state index contributed by atoms with van der Waals surface area (Å²) in [4.78, 5) is 12.4. The molecule has 0 fully saturated rings. The molecular formula is C21H15Cl2N3O2. The molecule has 28 heavy (non-hydrogen) atoms. The third-order valence-electron chi connectivity index (χ3n) is 3.62. The lowest BCUT2D eigenvalue weighted by Crippen LogP contribution is -2.13. The lowest BCUT2D eigenvalue weighted by Gasteiger charge is -2.10. The molecule has 0 saturated carbocycles. The van der Waals surface area contributed by atoms with Crippen molar-refractivity contribution in [2.45, 2.75) is 6.42 Å². The predicted octanol–water partition coefficient (Wildman–Crippen LogP) is 5.17. The van der Waals surface area contributed by atoms with Crippen LogP contribution in [-0.2, 0) is 11.2 Å². The number of hydrogen-bond donors (Lipinski definition) is 1. The number of halogens is 2. The smallest absolute Gasteiger partial charge is 0.266 e. The summed E-state index contributed by atoms with van der Waals surface area (Å²) in [7, 11) is 0. The van der Waals surface area contributed by atoms with Crippen LogP contribution >= 0.6 is 23.2 Å². The summed E-state index contributed by atoms with van der Waals surface area (Å²) >= 11 is 12.0. The first-order valence-electron chi connectivity index (χ1n) is 8.11. The second-order valence-electron chi connectivity index (χ2n) is 5.53. The summed E-state index contributed by atoms with van der Waals surface area (Å²) in [6.07, 6.45) is 3.66. The third kappa shape index (κ3) is 5.37. The zero-order valence-corrected chi connectivity index (χ0v) is 16.2. The normalized spacial score (nSPS) is 10.5. The van der Waals surface area contributed by atoms with Gasteiger partial charge in [0.25, 0.3) is 5.91 Å². The second-order valence-corrected chi connectivity index (χ2v) is 6.32. The van der Waals surface area contributed by atoms with Gasteiger partial charge in [-0.2, -0.15) is 10.5 Å². The Kier molecular flexibility index (Phi) is 7.65. The summed E-state index contributed by atoms with van der Waals surface area (Å²) in [5.74, 6) is -0.0611. The summed E-state index contributed by atoms with van der Waals surface area (Å²) in [5, 5.41) is 21.1. The van der Waals surface area contributed by atoms with Crippen LogP contribution in [0.15, 0.2) is 54.6 Å². The minimum Gasteiger partial charge on any atom is -0.478 e. The number of rotatable bonds is 7. The Morgan fingerprint density at radius 1 is 1.25 bits per heavy atom. The van der Waals surface area contributed by atoms with Crippen LogP contribution in [0, 0.1) is 22.7 Å². The fourth-order valence-electron chi connectivity index (χ4n) is 2.36. The predicted molar refractivity (Wildman–Crippen MR) is 110 cm³/mol. The van der Waals surface area contributed by atoms with Gasteiger partial charge in [0, 0.05) is 0 Å². The molecule has 0 saturated heterocycles. The van der Waals surface area contributed by atoms with E-state index in [1.165, 1.54) is 6.08 Å². The average molecular weight is 412 g/mol. The van der Waals surface area contributed by atoms with Crippen molar-refractivity contribution in [2.75, 3.05) is 11.9 Å². The van der Waals surface area contributed by atoms with Crippen molar-refractivity contribution in [3.05, 3.63) is 75.8 Å². The zero-order chi connectivity index (χ0) is 20.5. The van der Waals surface area contributed by atoms with Crippen LogP contribution in [0.3, 0.4) is 0 Å². The maximum Gasteiger partial charge on any atom is 0.266 e. The Labute approximate surface area is 173 Å². The summed E-state index contributed by atoms with van der Waals surface area (Å²) in [5.41, 5.74) is 1.62. The highest BCUT2D eigenvalue weighted by Gasteiger charge is 2.13. The topological polar surface area (TPSA) is 85.9 Å². The van der Waals surface area contributed by atoms with Crippen LogP contribution in [-0.4, -0.2) is 12.5 Å². The molecule has 0 aliphatic rings. The summed E-state index contributed by atoms with van der Waals surface area (Å²) < 4.78 is 5.37. The minimum atomic E-state index is -0.609. The van der Waals surface area contributed by atoms with E-state index < -0.39 is 5.91 Å². The van der Waals surface area contributed by atoms with Crippen LogP contribution in [0.4, 0.5) is 5.69 Å². The van der Waals surface area contributed by atoms with Gasteiger partial charge in [0.2, 0.25) is 0 Å². The van der Waals surface area contributed by atoms with Gasteiger partial charge < -0.3 is 10.1 Å². The van der Waals surface area contributed by atoms with Crippen LogP contribution in [0.25, 0.3) is 6.08 Å². The van der Waals surface area contributed by atoms with E-state index in [1.54, 1.807) is 42.5 Å². The van der Waals surface area contributed by atoms with Gasteiger partial charge in [-0.05, 0) is 47.9 Å². The van der Waals surface area contributed by atoms with Gasteiger partial charge in [-0.1, -0.05) is 41.4 Å². The average Bonchev–Trinajstić information content (AvgIpc) is 2.69. The Morgan fingerprint density at radius 3 is 2.71 bits per heavy atom. The molecule has 1 N–H and O–H groups in total. The van der Waals surface area contributed by atoms with Gasteiger partial charge in [-0.25, -0.2) is 0 Å². The van der Waals surface area contributed by atoms with E-state index in [1.807, 2.05) is 12.1 Å².